The maximum absolute atomic E-state index is 12.6. The monoisotopic (exact) mass is 346 g/mol. The molecule has 0 saturated heterocycles. The zero-order valence-corrected chi connectivity index (χ0v) is 14.6. The largest absolute Gasteiger partial charge is 0.489 e. The van der Waals surface area contributed by atoms with Crippen LogP contribution < -0.4 is 9.47 Å². The van der Waals surface area contributed by atoms with Gasteiger partial charge in [0.2, 0.25) is 5.78 Å². The van der Waals surface area contributed by atoms with Crippen LogP contribution in [0.25, 0.3) is 6.08 Å². The van der Waals surface area contributed by atoms with Crippen molar-refractivity contribution < 1.29 is 18.7 Å². The molecule has 4 rings (SSSR count). The number of fused-ring (bicyclic) bond motifs is 1. The van der Waals surface area contributed by atoms with Crippen LogP contribution in [0.5, 0.6) is 11.5 Å². The van der Waals surface area contributed by atoms with Gasteiger partial charge in [0.25, 0.3) is 0 Å². The number of rotatable bonds is 4. The van der Waals surface area contributed by atoms with E-state index in [-0.39, 0.29) is 11.5 Å². The SMILES string of the molecule is Cc1ccc(COc2cc(C)c3c(c2)O/C(=C\c2ccco2)C3=O)cc1. The third kappa shape index (κ3) is 3.14. The minimum Gasteiger partial charge on any atom is -0.489 e. The lowest BCUT2D eigenvalue weighted by Gasteiger charge is -2.09. The van der Waals surface area contributed by atoms with Crippen molar-refractivity contribution in [1.82, 2.24) is 0 Å². The number of furan rings is 1. The average Bonchev–Trinajstić information content (AvgIpc) is 3.23. The number of carbonyl (C=O) groups is 1. The second-order valence-electron chi connectivity index (χ2n) is 6.34. The van der Waals surface area contributed by atoms with Crippen molar-refractivity contribution in [1.29, 1.82) is 0 Å². The molecule has 0 radical (unpaired) electrons. The quantitative estimate of drug-likeness (QED) is 0.617. The zero-order chi connectivity index (χ0) is 18.1. The van der Waals surface area contributed by atoms with Crippen LogP contribution in [0.2, 0.25) is 0 Å². The van der Waals surface area contributed by atoms with E-state index in [1.54, 1.807) is 30.5 Å². The Hall–Kier alpha value is -3.27. The van der Waals surface area contributed by atoms with Gasteiger partial charge in [-0.15, -0.1) is 0 Å². The number of ether oxygens (including phenoxy) is 2. The van der Waals surface area contributed by atoms with Crippen molar-refractivity contribution in [3.63, 3.8) is 0 Å². The molecule has 4 heteroatoms. The van der Waals surface area contributed by atoms with Crippen molar-refractivity contribution in [3.8, 4) is 11.5 Å². The van der Waals surface area contributed by atoms with Crippen molar-refractivity contribution >= 4 is 11.9 Å². The Kier molecular flexibility index (Phi) is 4.09. The highest BCUT2D eigenvalue weighted by atomic mass is 16.5. The molecule has 130 valence electrons. The predicted molar refractivity (Wildman–Crippen MR) is 98.3 cm³/mol. The molecular formula is C22H18O4. The lowest BCUT2D eigenvalue weighted by atomic mass is 10.0. The van der Waals surface area contributed by atoms with Gasteiger partial charge in [-0.25, -0.2) is 0 Å². The number of ketones is 1. The fourth-order valence-electron chi connectivity index (χ4n) is 2.91. The Bertz CT molecular complexity index is 980. The molecule has 1 aliphatic rings. The highest BCUT2D eigenvalue weighted by Gasteiger charge is 2.30. The number of benzene rings is 2. The summed E-state index contributed by atoms with van der Waals surface area (Å²) in [5.74, 6) is 1.89. The molecular weight excluding hydrogens is 328 g/mol. The Morgan fingerprint density at radius 1 is 1.08 bits per heavy atom. The summed E-state index contributed by atoms with van der Waals surface area (Å²) in [6.07, 6.45) is 3.16. The molecule has 0 atom stereocenters. The number of Topliss-reactive ketones (excluding diaryl/α,β-unsaturated/α-hetero) is 1. The molecule has 0 bridgehead atoms. The van der Waals surface area contributed by atoms with Gasteiger partial charge in [-0.3, -0.25) is 4.79 Å². The molecule has 0 spiro atoms. The van der Waals surface area contributed by atoms with Crippen molar-refractivity contribution in [2.24, 2.45) is 0 Å². The third-order valence-corrected chi connectivity index (χ3v) is 4.29. The molecule has 4 nitrogen and oxygen atoms in total. The lowest BCUT2D eigenvalue weighted by Crippen LogP contribution is -2.00. The molecule has 26 heavy (non-hydrogen) atoms. The maximum Gasteiger partial charge on any atom is 0.232 e. The van der Waals surface area contributed by atoms with Crippen LogP contribution in [-0.4, -0.2) is 5.78 Å². The first-order valence-corrected chi connectivity index (χ1v) is 8.41. The minimum atomic E-state index is -0.140. The van der Waals surface area contributed by atoms with Gasteiger partial charge in [-0.2, -0.15) is 0 Å². The van der Waals surface area contributed by atoms with Crippen LogP contribution in [0, 0.1) is 13.8 Å². The smallest absolute Gasteiger partial charge is 0.232 e. The number of aryl methyl sites for hydroxylation is 2. The summed E-state index contributed by atoms with van der Waals surface area (Å²) < 4.78 is 16.9. The maximum atomic E-state index is 12.6. The number of carbonyl (C=O) groups excluding carboxylic acids is 1. The van der Waals surface area contributed by atoms with E-state index in [0.717, 1.165) is 11.1 Å². The molecule has 2 aromatic carbocycles. The summed E-state index contributed by atoms with van der Waals surface area (Å²) in [7, 11) is 0. The molecule has 0 amide bonds. The van der Waals surface area contributed by atoms with E-state index in [0.29, 0.717) is 29.4 Å². The molecule has 1 aliphatic heterocycles. The summed E-state index contributed by atoms with van der Waals surface area (Å²) in [5, 5.41) is 0. The Labute approximate surface area is 151 Å². The third-order valence-electron chi connectivity index (χ3n) is 4.29. The predicted octanol–water partition coefficient (Wildman–Crippen LogP) is 5.09. The minimum absolute atomic E-state index is 0.140. The van der Waals surface area contributed by atoms with E-state index < -0.39 is 0 Å². The van der Waals surface area contributed by atoms with E-state index in [1.165, 1.54) is 5.56 Å². The molecule has 2 heterocycles. The van der Waals surface area contributed by atoms with E-state index in [4.69, 9.17) is 13.9 Å². The first-order valence-electron chi connectivity index (χ1n) is 8.41. The molecule has 0 aliphatic carbocycles. The lowest BCUT2D eigenvalue weighted by molar-refractivity contribution is 0.101. The van der Waals surface area contributed by atoms with Crippen LogP contribution in [0.1, 0.15) is 32.8 Å². The zero-order valence-electron chi connectivity index (χ0n) is 14.6. The average molecular weight is 346 g/mol. The Balaban J connectivity index is 1.56. The van der Waals surface area contributed by atoms with E-state index in [9.17, 15) is 4.79 Å². The van der Waals surface area contributed by atoms with Crippen LogP contribution >= 0.6 is 0 Å². The summed E-state index contributed by atoms with van der Waals surface area (Å²) in [5.41, 5.74) is 3.70. The van der Waals surface area contributed by atoms with E-state index in [1.807, 2.05) is 25.1 Å². The molecule has 1 aromatic heterocycles. The second kappa shape index (κ2) is 6.56. The fourth-order valence-corrected chi connectivity index (χ4v) is 2.91. The normalized spacial score (nSPS) is 14.4. The van der Waals surface area contributed by atoms with Gasteiger partial charge < -0.3 is 13.9 Å². The highest BCUT2D eigenvalue weighted by molar-refractivity contribution is 6.15. The second-order valence-corrected chi connectivity index (χ2v) is 6.34. The van der Waals surface area contributed by atoms with Gasteiger partial charge in [0.05, 0.1) is 11.8 Å². The van der Waals surface area contributed by atoms with E-state index >= 15 is 0 Å². The number of hydrogen-bond donors (Lipinski definition) is 0. The molecule has 0 fully saturated rings. The van der Waals surface area contributed by atoms with Gasteiger partial charge in [0, 0.05) is 12.1 Å². The summed E-state index contributed by atoms with van der Waals surface area (Å²) in [6, 6.07) is 15.4. The number of allylic oxidation sites excluding steroid dienone is 1. The van der Waals surface area contributed by atoms with Crippen LogP contribution in [0.15, 0.2) is 65.0 Å². The van der Waals surface area contributed by atoms with Gasteiger partial charge in [0.15, 0.2) is 5.76 Å². The van der Waals surface area contributed by atoms with Gasteiger partial charge >= 0.3 is 0 Å². The molecule has 0 N–H and O–H groups in total. The molecule has 0 unspecified atom stereocenters. The van der Waals surface area contributed by atoms with E-state index in [2.05, 4.69) is 19.1 Å². The van der Waals surface area contributed by atoms with Crippen LogP contribution in [0.4, 0.5) is 0 Å². The summed E-state index contributed by atoms with van der Waals surface area (Å²) in [6.45, 7) is 4.40. The molecule has 3 aromatic rings. The number of hydrogen-bond acceptors (Lipinski definition) is 4. The Morgan fingerprint density at radius 2 is 1.88 bits per heavy atom. The van der Waals surface area contributed by atoms with Gasteiger partial charge in [0.1, 0.15) is 23.9 Å². The highest BCUT2D eigenvalue weighted by Crippen LogP contribution is 2.37. The van der Waals surface area contributed by atoms with Crippen LogP contribution in [-0.2, 0) is 6.61 Å². The first-order chi connectivity index (χ1) is 12.6. The fraction of sp³-hybridized carbons (Fsp3) is 0.136. The summed E-state index contributed by atoms with van der Waals surface area (Å²) in [4.78, 5) is 12.6. The van der Waals surface area contributed by atoms with Crippen molar-refractivity contribution in [2.45, 2.75) is 20.5 Å². The van der Waals surface area contributed by atoms with Crippen LogP contribution in [0.3, 0.4) is 0 Å². The molecule has 0 saturated carbocycles. The first kappa shape index (κ1) is 16.2. The van der Waals surface area contributed by atoms with Crippen molar-refractivity contribution in [2.75, 3.05) is 0 Å². The Morgan fingerprint density at radius 3 is 2.62 bits per heavy atom. The van der Waals surface area contributed by atoms with Crippen molar-refractivity contribution in [3.05, 3.63) is 88.6 Å². The van der Waals surface area contributed by atoms with Gasteiger partial charge in [-0.05, 0) is 43.2 Å². The topological polar surface area (TPSA) is 48.7 Å². The standard InChI is InChI=1S/C22H18O4/c1-14-5-7-16(8-6-14)13-25-18-10-15(2)21-19(12-18)26-20(22(21)23)11-17-4-3-9-24-17/h3-12H,13H2,1-2H3/b20-11-. The summed E-state index contributed by atoms with van der Waals surface area (Å²) >= 11 is 0. The van der Waals surface area contributed by atoms with Gasteiger partial charge in [-0.1, -0.05) is 29.8 Å².